The zero-order valence-electron chi connectivity index (χ0n) is 15.5. The Morgan fingerprint density at radius 2 is 2.04 bits per heavy atom. The van der Waals surface area contributed by atoms with Crippen molar-refractivity contribution in [1.82, 2.24) is 24.4 Å². The first-order valence-corrected chi connectivity index (χ1v) is 9.15. The van der Waals surface area contributed by atoms with Crippen LogP contribution in [0.4, 0.5) is 0 Å². The normalized spacial score (nSPS) is 13.9. The number of benzene rings is 1. The van der Waals surface area contributed by atoms with E-state index in [0.29, 0.717) is 33.4 Å². The number of aromatic nitrogens is 5. The minimum absolute atomic E-state index is 0.324. The lowest BCUT2D eigenvalue weighted by Gasteiger charge is -2.11. The molecule has 140 valence electrons. The molecule has 28 heavy (non-hydrogen) atoms. The Morgan fingerprint density at radius 1 is 1.25 bits per heavy atom. The van der Waals surface area contributed by atoms with Crippen molar-refractivity contribution >= 4 is 27.8 Å². The summed E-state index contributed by atoms with van der Waals surface area (Å²) in [6.45, 7) is 1.85. The zero-order chi connectivity index (χ0) is 19.4. The van der Waals surface area contributed by atoms with Crippen LogP contribution in [0, 0.1) is 6.92 Å². The first-order valence-electron chi connectivity index (χ1n) is 9.15. The van der Waals surface area contributed by atoms with Gasteiger partial charge in [-0.3, -0.25) is 19.7 Å². The summed E-state index contributed by atoms with van der Waals surface area (Å²) >= 11 is 0. The van der Waals surface area contributed by atoms with E-state index in [9.17, 15) is 9.59 Å². The number of hydrogen-bond acceptors (Lipinski definition) is 5. The number of carbonyl (C=O) groups excluding carboxylic acids is 1. The predicted molar refractivity (Wildman–Crippen MR) is 105 cm³/mol. The Hall–Kier alpha value is -3.55. The van der Waals surface area contributed by atoms with Crippen LogP contribution in [0.1, 0.15) is 40.5 Å². The maximum Gasteiger partial charge on any atom is 0.280 e. The molecule has 5 rings (SSSR count). The van der Waals surface area contributed by atoms with E-state index < -0.39 is 0 Å². The van der Waals surface area contributed by atoms with Crippen molar-refractivity contribution in [3.8, 4) is 0 Å². The van der Waals surface area contributed by atoms with Crippen LogP contribution in [0.15, 0.2) is 41.5 Å². The van der Waals surface area contributed by atoms with Crippen molar-refractivity contribution < 1.29 is 4.79 Å². The molecular weight excluding hydrogens is 356 g/mol. The van der Waals surface area contributed by atoms with E-state index in [1.54, 1.807) is 22.9 Å². The summed E-state index contributed by atoms with van der Waals surface area (Å²) in [6, 6.07) is 8.86. The fourth-order valence-corrected chi connectivity index (χ4v) is 3.55. The summed E-state index contributed by atoms with van der Waals surface area (Å²) in [5.41, 5.74) is 5.70. The van der Waals surface area contributed by atoms with E-state index in [1.165, 1.54) is 6.33 Å². The lowest BCUT2D eigenvalue weighted by Crippen LogP contribution is -2.33. The number of para-hydroxylation sites is 1. The van der Waals surface area contributed by atoms with E-state index in [4.69, 9.17) is 4.98 Å². The quantitative estimate of drug-likeness (QED) is 0.593. The number of fused-ring (bicyclic) bond motifs is 2. The molecule has 1 N–H and O–H groups in total. The molecule has 1 saturated carbocycles. The van der Waals surface area contributed by atoms with E-state index in [-0.39, 0.29) is 11.5 Å². The second-order valence-corrected chi connectivity index (χ2v) is 7.15. The number of rotatable bonds is 3. The smallest absolute Gasteiger partial charge is 0.267 e. The third-order valence-corrected chi connectivity index (χ3v) is 5.12. The molecule has 1 aromatic carbocycles. The Bertz CT molecular complexity index is 1320. The fraction of sp³-hybridized carbons (Fsp3) is 0.250. The van der Waals surface area contributed by atoms with Gasteiger partial charge in [-0.1, -0.05) is 12.1 Å². The molecule has 1 amide bonds. The minimum atomic E-state index is -0.385. The average molecular weight is 374 g/mol. The fourth-order valence-electron chi connectivity index (χ4n) is 3.55. The highest BCUT2D eigenvalue weighted by molar-refractivity contribution is 6.10. The lowest BCUT2D eigenvalue weighted by molar-refractivity contribution is 0.101. The summed E-state index contributed by atoms with van der Waals surface area (Å²) < 4.78 is 2.82. The molecule has 3 aromatic heterocycles. The molecule has 1 aliphatic rings. The van der Waals surface area contributed by atoms with Crippen LogP contribution < -0.4 is 11.0 Å². The monoisotopic (exact) mass is 374 g/mol. The van der Waals surface area contributed by atoms with Crippen molar-refractivity contribution in [3.05, 3.63) is 64.0 Å². The van der Waals surface area contributed by atoms with Crippen LogP contribution in [-0.2, 0) is 7.05 Å². The highest BCUT2D eigenvalue weighted by Gasteiger charge is 2.28. The number of aryl methyl sites for hydroxylation is 2. The summed E-state index contributed by atoms with van der Waals surface area (Å²) in [5.74, 6) is 0.000736. The van der Waals surface area contributed by atoms with E-state index in [1.807, 2.05) is 26.1 Å². The van der Waals surface area contributed by atoms with Crippen molar-refractivity contribution in [1.29, 1.82) is 0 Å². The predicted octanol–water partition coefficient (Wildman–Crippen LogP) is 2.25. The highest BCUT2D eigenvalue weighted by atomic mass is 16.2. The average Bonchev–Trinajstić information content (AvgIpc) is 3.50. The number of nitrogens with zero attached hydrogens (tertiary/aromatic N) is 5. The van der Waals surface area contributed by atoms with Gasteiger partial charge in [-0.25, -0.2) is 14.6 Å². The van der Waals surface area contributed by atoms with Gasteiger partial charge in [0.05, 0.1) is 27.5 Å². The molecule has 0 saturated heterocycles. The summed E-state index contributed by atoms with van der Waals surface area (Å²) in [7, 11) is 1.82. The van der Waals surface area contributed by atoms with E-state index >= 15 is 0 Å². The Morgan fingerprint density at radius 3 is 2.82 bits per heavy atom. The number of hydrogen-bond donors (Lipinski definition) is 1. The zero-order valence-corrected chi connectivity index (χ0v) is 15.5. The van der Waals surface area contributed by atoms with Gasteiger partial charge in [0, 0.05) is 18.7 Å². The molecule has 0 bridgehead atoms. The van der Waals surface area contributed by atoms with Crippen molar-refractivity contribution in [2.75, 3.05) is 5.43 Å². The van der Waals surface area contributed by atoms with Gasteiger partial charge < -0.3 is 0 Å². The van der Waals surface area contributed by atoms with Crippen molar-refractivity contribution in [3.63, 3.8) is 0 Å². The summed E-state index contributed by atoms with van der Waals surface area (Å²) in [6.07, 6.45) is 3.48. The minimum Gasteiger partial charge on any atom is -0.267 e. The maximum absolute atomic E-state index is 13.1. The van der Waals surface area contributed by atoms with E-state index in [2.05, 4.69) is 15.5 Å². The molecule has 8 heteroatoms. The van der Waals surface area contributed by atoms with Crippen LogP contribution >= 0.6 is 0 Å². The Kier molecular flexibility index (Phi) is 3.55. The number of carbonyl (C=O) groups is 1. The topological polar surface area (TPSA) is 94.7 Å². The van der Waals surface area contributed by atoms with Crippen LogP contribution in [-0.4, -0.2) is 30.3 Å². The first kappa shape index (κ1) is 16.6. The summed E-state index contributed by atoms with van der Waals surface area (Å²) in [5, 5.41) is 5.56. The molecule has 0 spiro atoms. The number of amides is 1. The maximum atomic E-state index is 13.1. The van der Waals surface area contributed by atoms with Crippen LogP contribution in [0.25, 0.3) is 21.9 Å². The third-order valence-electron chi connectivity index (χ3n) is 5.12. The molecule has 0 radical (unpaired) electrons. The standard InChI is InChI=1S/C20H18N6O2/c1-11-17-14(9-16(12-7-8-12)22-18(17)25(2)23-11)19(27)24-26-10-21-15-6-4-3-5-13(15)20(26)28/h3-6,9-10,12H,7-8H2,1-2H3,(H,24,27). The van der Waals surface area contributed by atoms with Crippen LogP contribution in [0.3, 0.4) is 0 Å². The molecule has 1 fully saturated rings. The SMILES string of the molecule is Cc1nn(C)c2nc(C3CC3)cc(C(=O)Nn3cnc4ccccc4c3=O)c12. The highest BCUT2D eigenvalue weighted by Crippen LogP contribution is 2.40. The van der Waals surface area contributed by atoms with Gasteiger partial charge in [-0.05, 0) is 38.0 Å². The second-order valence-electron chi connectivity index (χ2n) is 7.15. The molecule has 8 nitrogen and oxygen atoms in total. The first-order chi connectivity index (χ1) is 13.5. The van der Waals surface area contributed by atoms with Gasteiger partial charge in [0.1, 0.15) is 6.33 Å². The van der Waals surface area contributed by atoms with Gasteiger partial charge in [0.15, 0.2) is 5.65 Å². The third kappa shape index (κ3) is 2.57. The molecule has 4 aromatic rings. The lowest BCUT2D eigenvalue weighted by atomic mass is 10.1. The van der Waals surface area contributed by atoms with Gasteiger partial charge in [0.2, 0.25) is 0 Å². The second kappa shape index (κ2) is 5.98. The van der Waals surface area contributed by atoms with Crippen LogP contribution in [0.5, 0.6) is 0 Å². The van der Waals surface area contributed by atoms with Gasteiger partial charge in [0.25, 0.3) is 11.5 Å². The van der Waals surface area contributed by atoms with Crippen molar-refractivity contribution in [2.24, 2.45) is 7.05 Å². The van der Waals surface area contributed by atoms with Gasteiger partial charge in [-0.15, -0.1) is 0 Å². The van der Waals surface area contributed by atoms with Gasteiger partial charge in [-0.2, -0.15) is 5.10 Å². The molecule has 0 aliphatic heterocycles. The number of pyridine rings is 1. The van der Waals surface area contributed by atoms with Crippen LogP contribution in [0.2, 0.25) is 0 Å². The molecular formula is C20H18N6O2. The van der Waals surface area contributed by atoms with Gasteiger partial charge >= 0.3 is 0 Å². The molecule has 1 aliphatic carbocycles. The summed E-state index contributed by atoms with van der Waals surface area (Å²) in [4.78, 5) is 34.8. The molecule has 0 unspecified atom stereocenters. The number of nitrogens with one attached hydrogen (secondary N) is 1. The van der Waals surface area contributed by atoms with Crippen molar-refractivity contribution in [2.45, 2.75) is 25.7 Å². The molecule has 0 atom stereocenters. The Balaban J connectivity index is 1.61. The Labute approximate surface area is 159 Å². The van der Waals surface area contributed by atoms with E-state index in [0.717, 1.165) is 28.9 Å². The molecule has 3 heterocycles. The largest absolute Gasteiger partial charge is 0.280 e.